The Kier molecular flexibility index (Phi) is 4.82. The highest BCUT2D eigenvalue weighted by molar-refractivity contribution is 5.69. The minimum atomic E-state index is 0.183. The van der Waals surface area contributed by atoms with Gasteiger partial charge in [0.1, 0.15) is 0 Å². The van der Waals surface area contributed by atoms with Gasteiger partial charge in [0.05, 0.1) is 11.4 Å². The van der Waals surface area contributed by atoms with Crippen molar-refractivity contribution >= 4 is 11.4 Å². The fourth-order valence-corrected chi connectivity index (χ4v) is 1.65. The van der Waals surface area contributed by atoms with Crippen molar-refractivity contribution in [2.45, 2.75) is 26.3 Å². The molecule has 1 rings (SSSR count). The van der Waals surface area contributed by atoms with Crippen molar-refractivity contribution in [1.29, 1.82) is 0 Å². The average Bonchev–Trinajstić information content (AvgIpc) is 2.23. The molecule has 0 saturated carbocycles. The molecule has 0 radical (unpaired) electrons. The number of hydrogen-bond acceptors (Lipinski definition) is 3. The summed E-state index contributed by atoms with van der Waals surface area (Å²) in [4.78, 5) is 2.12. The van der Waals surface area contributed by atoms with Gasteiger partial charge in [-0.2, -0.15) is 0 Å². The van der Waals surface area contributed by atoms with Crippen LogP contribution in [0.4, 0.5) is 11.4 Å². The SMILES string of the molecule is CN(C)c1ccccc1NCCNC(C)(C)C. The van der Waals surface area contributed by atoms with Crippen LogP contribution in [0.5, 0.6) is 0 Å². The molecular formula is C14H25N3. The van der Waals surface area contributed by atoms with Crippen LogP contribution in [0.3, 0.4) is 0 Å². The summed E-state index contributed by atoms with van der Waals surface area (Å²) in [5.41, 5.74) is 2.60. The van der Waals surface area contributed by atoms with E-state index in [1.54, 1.807) is 0 Å². The summed E-state index contributed by atoms with van der Waals surface area (Å²) in [6.07, 6.45) is 0. The zero-order chi connectivity index (χ0) is 12.9. The first-order chi connectivity index (χ1) is 7.90. The van der Waals surface area contributed by atoms with Crippen LogP contribution in [0.2, 0.25) is 0 Å². The van der Waals surface area contributed by atoms with Gasteiger partial charge in [-0.25, -0.2) is 0 Å². The lowest BCUT2D eigenvalue weighted by atomic mass is 10.1. The zero-order valence-corrected chi connectivity index (χ0v) is 11.7. The van der Waals surface area contributed by atoms with Crippen molar-refractivity contribution in [2.75, 3.05) is 37.4 Å². The second kappa shape index (κ2) is 5.92. The van der Waals surface area contributed by atoms with Gasteiger partial charge in [-0.05, 0) is 32.9 Å². The Morgan fingerprint density at radius 3 is 2.29 bits per heavy atom. The largest absolute Gasteiger partial charge is 0.382 e. The van der Waals surface area contributed by atoms with Crippen molar-refractivity contribution in [3.8, 4) is 0 Å². The van der Waals surface area contributed by atoms with E-state index in [-0.39, 0.29) is 5.54 Å². The monoisotopic (exact) mass is 235 g/mol. The lowest BCUT2D eigenvalue weighted by molar-refractivity contribution is 0.435. The van der Waals surface area contributed by atoms with Crippen LogP contribution in [0, 0.1) is 0 Å². The van der Waals surface area contributed by atoms with E-state index in [4.69, 9.17) is 0 Å². The first-order valence-electron chi connectivity index (χ1n) is 6.15. The van der Waals surface area contributed by atoms with E-state index in [0.29, 0.717) is 0 Å². The van der Waals surface area contributed by atoms with E-state index in [1.807, 2.05) is 0 Å². The number of nitrogens with one attached hydrogen (secondary N) is 2. The minimum Gasteiger partial charge on any atom is -0.382 e. The number of para-hydroxylation sites is 2. The van der Waals surface area contributed by atoms with E-state index in [0.717, 1.165) is 13.1 Å². The van der Waals surface area contributed by atoms with Crippen LogP contribution in [0.25, 0.3) is 0 Å². The Bertz CT molecular complexity index is 340. The predicted molar refractivity (Wildman–Crippen MR) is 77.0 cm³/mol. The third kappa shape index (κ3) is 5.09. The molecule has 96 valence electrons. The van der Waals surface area contributed by atoms with E-state index in [9.17, 15) is 0 Å². The third-order valence-electron chi connectivity index (χ3n) is 2.48. The van der Waals surface area contributed by atoms with Gasteiger partial charge >= 0.3 is 0 Å². The molecule has 3 nitrogen and oxygen atoms in total. The minimum absolute atomic E-state index is 0.183. The highest BCUT2D eigenvalue weighted by Gasteiger charge is 2.07. The quantitative estimate of drug-likeness (QED) is 0.768. The van der Waals surface area contributed by atoms with E-state index in [1.165, 1.54) is 11.4 Å². The second-order valence-corrected chi connectivity index (χ2v) is 5.52. The molecule has 0 aliphatic carbocycles. The molecule has 0 heterocycles. The standard InChI is InChI=1S/C14H25N3/c1-14(2,3)16-11-10-15-12-8-6-7-9-13(12)17(4)5/h6-9,15-16H,10-11H2,1-5H3. The number of hydrogen-bond donors (Lipinski definition) is 2. The average molecular weight is 235 g/mol. The number of rotatable bonds is 5. The van der Waals surface area contributed by atoms with Crippen LogP contribution in [-0.4, -0.2) is 32.7 Å². The lowest BCUT2D eigenvalue weighted by Crippen LogP contribution is -2.38. The van der Waals surface area contributed by atoms with Crippen molar-refractivity contribution in [2.24, 2.45) is 0 Å². The first-order valence-corrected chi connectivity index (χ1v) is 6.15. The van der Waals surface area contributed by atoms with Gasteiger partial charge in [0.2, 0.25) is 0 Å². The molecule has 0 bridgehead atoms. The fraction of sp³-hybridized carbons (Fsp3) is 0.571. The molecule has 0 atom stereocenters. The molecule has 0 spiro atoms. The molecule has 1 aromatic carbocycles. The van der Waals surface area contributed by atoms with Crippen molar-refractivity contribution in [1.82, 2.24) is 5.32 Å². The van der Waals surface area contributed by atoms with Crippen molar-refractivity contribution in [3.05, 3.63) is 24.3 Å². The zero-order valence-electron chi connectivity index (χ0n) is 11.7. The summed E-state index contributed by atoms with van der Waals surface area (Å²) >= 11 is 0. The van der Waals surface area contributed by atoms with Gasteiger partial charge in [0.25, 0.3) is 0 Å². The Labute approximate surface area is 105 Å². The van der Waals surface area contributed by atoms with Gasteiger partial charge in [-0.3, -0.25) is 0 Å². The molecule has 0 amide bonds. The molecule has 0 aliphatic heterocycles. The van der Waals surface area contributed by atoms with Crippen LogP contribution < -0.4 is 15.5 Å². The summed E-state index contributed by atoms with van der Waals surface area (Å²) in [7, 11) is 4.13. The van der Waals surface area contributed by atoms with Gasteiger partial charge in [0, 0.05) is 32.7 Å². The second-order valence-electron chi connectivity index (χ2n) is 5.52. The Balaban J connectivity index is 2.47. The molecular weight excluding hydrogens is 210 g/mol. The maximum absolute atomic E-state index is 3.46. The molecule has 17 heavy (non-hydrogen) atoms. The summed E-state index contributed by atoms with van der Waals surface area (Å²) in [5.74, 6) is 0. The molecule has 0 fully saturated rings. The van der Waals surface area contributed by atoms with E-state index < -0.39 is 0 Å². The normalized spacial score (nSPS) is 11.4. The smallest absolute Gasteiger partial charge is 0.0596 e. The molecule has 1 aromatic rings. The highest BCUT2D eigenvalue weighted by Crippen LogP contribution is 2.22. The topological polar surface area (TPSA) is 27.3 Å². The summed E-state index contributed by atoms with van der Waals surface area (Å²) in [6, 6.07) is 8.37. The first kappa shape index (κ1) is 13.8. The van der Waals surface area contributed by atoms with E-state index >= 15 is 0 Å². The van der Waals surface area contributed by atoms with Crippen molar-refractivity contribution in [3.63, 3.8) is 0 Å². The number of anilines is 2. The number of nitrogens with zero attached hydrogens (tertiary/aromatic N) is 1. The van der Waals surface area contributed by atoms with E-state index in [2.05, 4.69) is 74.7 Å². The molecule has 0 aliphatic rings. The van der Waals surface area contributed by atoms with Crippen LogP contribution >= 0.6 is 0 Å². The van der Waals surface area contributed by atoms with Crippen LogP contribution in [0.1, 0.15) is 20.8 Å². The Morgan fingerprint density at radius 2 is 1.71 bits per heavy atom. The van der Waals surface area contributed by atoms with Gasteiger partial charge in [-0.15, -0.1) is 0 Å². The third-order valence-corrected chi connectivity index (χ3v) is 2.48. The Morgan fingerprint density at radius 1 is 1.06 bits per heavy atom. The van der Waals surface area contributed by atoms with Gasteiger partial charge in [-0.1, -0.05) is 12.1 Å². The molecule has 0 saturated heterocycles. The fourth-order valence-electron chi connectivity index (χ4n) is 1.65. The molecule has 3 heteroatoms. The highest BCUT2D eigenvalue weighted by atomic mass is 15.1. The summed E-state index contributed by atoms with van der Waals surface area (Å²) in [5, 5.41) is 6.93. The number of benzene rings is 1. The van der Waals surface area contributed by atoms with Crippen LogP contribution in [-0.2, 0) is 0 Å². The molecule has 0 aromatic heterocycles. The maximum Gasteiger partial charge on any atom is 0.0596 e. The van der Waals surface area contributed by atoms with Crippen LogP contribution in [0.15, 0.2) is 24.3 Å². The molecule has 2 N–H and O–H groups in total. The predicted octanol–water partition coefficient (Wildman–Crippen LogP) is 2.55. The van der Waals surface area contributed by atoms with Gasteiger partial charge in [0.15, 0.2) is 0 Å². The Hall–Kier alpha value is -1.22. The molecule has 0 unspecified atom stereocenters. The summed E-state index contributed by atoms with van der Waals surface area (Å²) < 4.78 is 0. The van der Waals surface area contributed by atoms with Gasteiger partial charge < -0.3 is 15.5 Å². The summed E-state index contributed by atoms with van der Waals surface area (Å²) in [6.45, 7) is 8.44. The lowest BCUT2D eigenvalue weighted by Gasteiger charge is -2.22. The maximum atomic E-state index is 3.46. The van der Waals surface area contributed by atoms with Crippen molar-refractivity contribution < 1.29 is 0 Å².